The number of ether oxygens (including phenoxy) is 2. The first kappa shape index (κ1) is 27.7. The Hall–Kier alpha value is -5.90. The fourth-order valence-electron chi connectivity index (χ4n) is 4.24. The first-order valence-electron chi connectivity index (χ1n) is 12.8. The van der Waals surface area contributed by atoms with Crippen molar-refractivity contribution in [2.75, 3.05) is 7.11 Å². The van der Waals surface area contributed by atoms with Gasteiger partial charge < -0.3 is 9.47 Å². The first-order valence-corrected chi connectivity index (χ1v) is 12.8. The normalized spacial score (nSPS) is 10.9. The zero-order valence-electron chi connectivity index (χ0n) is 22.6. The van der Waals surface area contributed by atoms with Gasteiger partial charge in [0, 0.05) is 23.1 Å². The fourth-order valence-corrected chi connectivity index (χ4v) is 4.24. The monoisotopic (exact) mass is 560 g/mol. The number of amides is 1. The lowest BCUT2D eigenvalue weighted by Crippen LogP contribution is -2.18. The predicted octanol–water partition coefficient (Wildman–Crippen LogP) is 6.11. The Morgan fingerprint density at radius 3 is 2.40 bits per heavy atom. The van der Waals surface area contributed by atoms with Crippen molar-refractivity contribution in [3.63, 3.8) is 0 Å². The number of carbonyl (C=O) groups excluding carboxylic acids is 2. The highest BCUT2D eigenvalue weighted by Gasteiger charge is 2.16. The first-order chi connectivity index (χ1) is 20.3. The molecule has 0 spiro atoms. The maximum absolute atomic E-state index is 13.3. The van der Waals surface area contributed by atoms with Gasteiger partial charge in [-0.1, -0.05) is 42.0 Å². The molecule has 1 N–H and O–H groups in total. The minimum atomic E-state index is -0.702. The number of non-ortho nitro benzene ring substituents is 1. The summed E-state index contributed by atoms with van der Waals surface area (Å²) >= 11 is 0. The van der Waals surface area contributed by atoms with E-state index < -0.39 is 16.8 Å². The van der Waals surface area contributed by atoms with Gasteiger partial charge in [-0.05, 0) is 61.0 Å². The second-order valence-corrected chi connectivity index (χ2v) is 9.24. The smallest absolute Gasteiger partial charge is 0.343 e. The van der Waals surface area contributed by atoms with Gasteiger partial charge in [-0.2, -0.15) is 5.10 Å². The lowest BCUT2D eigenvalue weighted by atomic mass is 10.0. The number of nitro groups is 1. The molecule has 5 aromatic rings. The maximum atomic E-state index is 13.3. The molecule has 1 aromatic heterocycles. The van der Waals surface area contributed by atoms with E-state index in [4.69, 9.17) is 14.5 Å². The molecular formula is C32H24N4O6. The Labute approximate surface area is 240 Å². The molecule has 0 saturated heterocycles. The zero-order chi connectivity index (χ0) is 29.6. The van der Waals surface area contributed by atoms with Gasteiger partial charge in [0.1, 0.15) is 0 Å². The van der Waals surface area contributed by atoms with E-state index in [9.17, 15) is 19.7 Å². The van der Waals surface area contributed by atoms with Gasteiger partial charge >= 0.3 is 5.97 Å². The van der Waals surface area contributed by atoms with Crippen LogP contribution in [-0.4, -0.2) is 35.1 Å². The molecule has 0 aliphatic carbocycles. The Morgan fingerprint density at radius 1 is 0.929 bits per heavy atom. The third kappa shape index (κ3) is 6.13. The van der Waals surface area contributed by atoms with Crippen molar-refractivity contribution in [3.8, 4) is 22.8 Å². The molecule has 42 heavy (non-hydrogen) atoms. The van der Waals surface area contributed by atoms with Crippen molar-refractivity contribution >= 4 is 34.7 Å². The topological polar surface area (TPSA) is 133 Å². The number of fused-ring (bicyclic) bond motifs is 1. The van der Waals surface area contributed by atoms with Crippen LogP contribution in [-0.2, 0) is 0 Å². The molecule has 1 amide bonds. The minimum Gasteiger partial charge on any atom is -0.493 e. The molecule has 208 valence electrons. The van der Waals surface area contributed by atoms with E-state index in [1.54, 1.807) is 18.2 Å². The number of nitrogens with one attached hydrogen (secondary N) is 1. The number of nitro benzene ring substituents is 1. The van der Waals surface area contributed by atoms with E-state index in [1.165, 1.54) is 43.7 Å². The largest absolute Gasteiger partial charge is 0.493 e. The van der Waals surface area contributed by atoms with Crippen molar-refractivity contribution in [1.82, 2.24) is 10.4 Å². The van der Waals surface area contributed by atoms with Gasteiger partial charge in [-0.3, -0.25) is 14.9 Å². The van der Waals surface area contributed by atoms with E-state index >= 15 is 0 Å². The molecule has 4 aromatic carbocycles. The highest BCUT2D eigenvalue weighted by atomic mass is 16.6. The van der Waals surface area contributed by atoms with E-state index in [1.807, 2.05) is 55.5 Å². The highest BCUT2D eigenvalue weighted by molar-refractivity contribution is 6.07. The van der Waals surface area contributed by atoms with Crippen LogP contribution in [0, 0.1) is 17.0 Å². The molecule has 0 saturated carbocycles. The fraction of sp³-hybridized carbons (Fsp3) is 0.0625. The molecule has 5 rings (SSSR count). The summed E-state index contributed by atoms with van der Waals surface area (Å²) in [5.74, 6) is -0.702. The molecule has 1 heterocycles. The number of aromatic nitrogens is 1. The lowest BCUT2D eigenvalue weighted by molar-refractivity contribution is -0.384. The Bertz CT molecular complexity index is 1840. The molecule has 10 nitrogen and oxygen atoms in total. The SMILES string of the molecule is COc1cc(C=NNC(=O)c2cc(-c3ccccc3)nc3ccc(C)cc23)ccc1OC(=O)c1ccc([N+](=O)[O-])cc1. The maximum Gasteiger partial charge on any atom is 0.343 e. The van der Waals surface area contributed by atoms with Crippen LogP contribution >= 0.6 is 0 Å². The minimum absolute atomic E-state index is 0.135. The molecule has 0 atom stereocenters. The molecule has 0 bridgehead atoms. The third-order valence-electron chi connectivity index (χ3n) is 6.36. The number of rotatable bonds is 8. The predicted molar refractivity (Wildman–Crippen MR) is 158 cm³/mol. The van der Waals surface area contributed by atoms with Crippen LogP contribution in [0.15, 0.2) is 102 Å². The summed E-state index contributed by atoms with van der Waals surface area (Å²) in [6, 6.07) is 26.9. The lowest BCUT2D eigenvalue weighted by Gasteiger charge is -2.10. The summed E-state index contributed by atoms with van der Waals surface area (Å²) in [6.07, 6.45) is 1.44. The van der Waals surface area contributed by atoms with Crippen LogP contribution in [0.4, 0.5) is 5.69 Å². The number of benzene rings is 4. The summed E-state index contributed by atoms with van der Waals surface area (Å²) in [7, 11) is 1.42. The van der Waals surface area contributed by atoms with Crippen molar-refractivity contribution in [2.45, 2.75) is 6.92 Å². The highest BCUT2D eigenvalue weighted by Crippen LogP contribution is 2.29. The number of hydrogen-bond acceptors (Lipinski definition) is 8. The molecule has 0 aliphatic heterocycles. The van der Waals surface area contributed by atoms with Crippen molar-refractivity contribution in [2.24, 2.45) is 5.10 Å². The Balaban J connectivity index is 1.33. The van der Waals surface area contributed by atoms with Crippen LogP contribution in [0.5, 0.6) is 11.5 Å². The number of carbonyl (C=O) groups is 2. The number of esters is 1. The van der Waals surface area contributed by atoms with E-state index in [0.717, 1.165) is 11.1 Å². The van der Waals surface area contributed by atoms with Crippen LogP contribution in [0.3, 0.4) is 0 Å². The van der Waals surface area contributed by atoms with Crippen LogP contribution < -0.4 is 14.9 Å². The molecule has 0 aliphatic rings. The van der Waals surface area contributed by atoms with Gasteiger partial charge in [-0.15, -0.1) is 0 Å². The van der Waals surface area contributed by atoms with E-state index in [0.29, 0.717) is 27.7 Å². The summed E-state index contributed by atoms with van der Waals surface area (Å²) in [4.78, 5) is 40.8. The number of pyridine rings is 1. The average Bonchev–Trinajstić information content (AvgIpc) is 3.01. The number of methoxy groups -OCH3 is 1. The third-order valence-corrected chi connectivity index (χ3v) is 6.36. The molecular weight excluding hydrogens is 536 g/mol. The Kier molecular flexibility index (Phi) is 7.96. The van der Waals surface area contributed by atoms with Crippen LogP contribution in [0.1, 0.15) is 31.8 Å². The van der Waals surface area contributed by atoms with Crippen molar-refractivity contribution in [3.05, 3.63) is 129 Å². The number of aryl methyl sites for hydroxylation is 1. The number of hydrogen-bond donors (Lipinski definition) is 1. The van der Waals surface area contributed by atoms with Gasteiger partial charge in [0.05, 0.1) is 40.6 Å². The second kappa shape index (κ2) is 12.1. The second-order valence-electron chi connectivity index (χ2n) is 9.24. The zero-order valence-corrected chi connectivity index (χ0v) is 22.6. The van der Waals surface area contributed by atoms with Gasteiger partial charge in [0.15, 0.2) is 11.5 Å². The van der Waals surface area contributed by atoms with Gasteiger partial charge in [0.25, 0.3) is 11.6 Å². The Morgan fingerprint density at radius 2 is 1.69 bits per heavy atom. The van der Waals surface area contributed by atoms with E-state index in [-0.39, 0.29) is 22.7 Å². The van der Waals surface area contributed by atoms with Crippen molar-refractivity contribution < 1.29 is 24.0 Å². The number of nitrogens with zero attached hydrogens (tertiary/aromatic N) is 3. The number of hydrazone groups is 1. The molecule has 0 fully saturated rings. The van der Waals surface area contributed by atoms with Crippen LogP contribution in [0.25, 0.3) is 22.2 Å². The van der Waals surface area contributed by atoms with Crippen LogP contribution in [0.2, 0.25) is 0 Å². The molecule has 10 heteroatoms. The van der Waals surface area contributed by atoms with Crippen molar-refractivity contribution in [1.29, 1.82) is 0 Å². The quantitative estimate of drug-likeness (QED) is 0.0796. The van der Waals surface area contributed by atoms with Gasteiger partial charge in [0.2, 0.25) is 0 Å². The van der Waals surface area contributed by atoms with Gasteiger partial charge in [-0.25, -0.2) is 15.2 Å². The standard InChI is InChI=1S/C32H24N4O6/c1-20-8-14-27-25(16-20)26(18-28(34-27)22-6-4-3-5-7-22)31(37)35-33-19-21-9-15-29(30(17-21)41-2)42-32(38)23-10-12-24(13-11-23)36(39)40/h3-19H,1-2H3,(H,35,37). The summed E-state index contributed by atoms with van der Waals surface area (Å²) in [6.45, 7) is 1.95. The van der Waals surface area contributed by atoms with E-state index in [2.05, 4.69) is 10.5 Å². The summed E-state index contributed by atoms with van der Waals surface area (Å²) < 4.78 is 10.8. The summed E-state index contributed by atoms with van der Waals surface area (Å²) in [5.41, 5.74) is 6.85. The molecule has 0 unspecified atom stereocenters. The molecule has 0 radical (unpaired) electrons. The average molecular weight is 561 g/mol. The summed E-state index contributed by atoms with van der Waals surface area (Å²) in [5, 5.41) is 15.7.